The van der Waals surface area contributed by atoms with Crippen LogP contribution in [-0.4, -0.2) is 12.3 Å². The Morgan fingerprint density at radius 3 is 1.28 bits per heavy atom. The summed E-state index contributed by atoms with van der Waals surface area (Å²) >= 11 is 0. The lowest BCUT2D eigenvalue weighted by Gasteiger charge is -2.17. The molecule has 0 aliphatic rings. The van der Waals surface area contributed by atoms with E-state index >= 15 is 0 Å². The van der Waals surface area contributed by atoms with E-state index in [-0.39, 0.29) is 0 Å². The number of fused-ring (bicyclic) bond motifs is 2. The molecule has 0 aliphatic carbocycles. The number of carbonyl (C=O) groups is 2. The highest BCUT2D eigenvalue weighted by atomic mass is 16.7. The summed E-state index contributed by atoms with van der Waals surface area (Å²) in [4.78, 5) is 25.5. The molecule has 0 spiro atoms. The van der Waals surface area contributed by atoms with Crippen LogP contribution in [0.4, 0.5) is 9.59 Å². The van der Waals surface area contributed by atoms with E-state index in [2.05, 4.69) is 0 Å². The quantitative estimate of drug-likeness (QED) is 0.149. The van der Waals surface area contributed by atoms with E-state index in [1.165, 1.54) is 0 Å². The van der Waals surface area contributed by atoms with Gasteiger partial charge in [0, 0.05) is 21.5 Å². The number of para-hydroxylation sites is 2. The van der Waals surface area contributed by atoms with Crippen LogP contribution in [0.2, 0.25) is 0 Å². The van der Waals surface area contributed by atoms with Crippen molar-refractivity contribution in [2.75, 3.05) is 0 Å². The first kappa shape index (κ1) is 22.9. The molecule has 5 aromatic carbocycles. The molecule has 0 atom stereocenters. The van der Waals surface area contributed by atoms with Gasteiger partial charge in [-0.3, -0.25) is 0 Å². The summed E-state index contributed by atoms with van der Waals surface area (Å²) in [6.45, 7) is 3.85. The van der Waals surface area contributed by atoms with Crippen LogP contribution in [0, 0.1) is 13.8 Å². The second-order valence-corrected chi connectivity index (χ2v) is 8.29. The van der Waals surface area contributed by atoms with Crippen molar-refractivity contribution in [2.24, 2.45) is 0 Å². The Morgan fingerprint density at radius 1 is 0.472 bits per heavy atom. The maximum absolute atomic E-state index is 12.8. The monoisotopic (exact) mass is 478 g/mol. The van der Waals surface area contributed by atoms with E-state index in [0.717, 1.165) is 11.1 Å². The lowest BCUT2D eigenvalue weighted by atomic mass is 9.98. The van der Waals surface area contributed by atoms with Gasteiger partial charge in [0.2, 0.25) is 0 Å². The minimum atomic E-state index is -0.873. The highest BCUT2D eigenvalue weighted by Crippen LogP contribution is 2.44. The third-order valence-corrected chi connectivity index (χ3v) is 5.59. The van der Waals surface area contributed by atoms with Gasteiger partial charge in [-0.15, -0.1) is 0 Å². The van der Waals surface area contributed by atoms with Gasteiger partial charge < -0.3 is 18.9 Å². The maximum atomic E-state index is 12.8. The summed E-state index contributed by atoms with van der Waals surface area (Å²) in [5.74, 6) is 1.36. The molecule has 0 aliphatic heterocycles. The van der Waals surface area contributed by atoms with E-state index in [1.807, 2.05) is 62.4 Å². The fourth-order valence-corrected chi connectivity index (χ4v) is 3.98. The van der Waals surface area contributed by atoms with Crippen LogP contribution in [0.5, 0.6) is 23.0 Å². The van der Waals surface area contributed by atoms with E-state index in [1.54, 1.807) is 48.5 Å². The lowest BCUT2D eigenvalue weighted by Crippen LogP contribution is -2.16. The first-order chi connectivity index (χ1) is 17.5. The fourth-order valence-electron chi connectivity index (χ4n) is 3.98. The van der Waals surface area contributed by atoms with Crippen LogP contribution in [0.3, 0.4) is 0 Å². The molecule has 0 heterocycles. The Balaban J connectivity index is 1.60. The molecule has 0 aromatic heterocycles. The molecule has 6 heteroatoms. The highest BCUT2D eigenvalue weighted by Gasteiger charge is 2.22. The van der Waals surface area contributed by atoms with Gasteiger partial charge in [0.15, 0.2) is 5.75 Å². The van der Waals surface area contributed by atoms with Crippen molar-refractivity contribution in [3.63, 3.8) is 0 Å². The Labute approximate surface area is 207 Å². The standard InChI is InChI=1S/C30H22O6/c1-19-13-15-23-25(17-19)28(36-30(32)34-22-11-7-4-8-12-22)26-18-20(2)14-16-24(26)27(23)35-29(31)33-21-9-5-3-6-10-21/h3-18H,1-2H3. The molecular weight excluding hydrogens is 456 g/mol. The maximum Gasteiger partial charge on any atom is 0.519 e. The van der Waals surface area contributed by atoms with Gasteiger partial charge in [-0.25, -0.2) is 9.59 Å². The second-order valence-electron chi connectivity index (χ2n) is 8.29. The average molecular weight is 479 g/mol. The number of hydrogen-bond donors (Lipinski definition) is 0. The summed E-state index contributed by atoms with van der Waals surface area (Å²) < 4.78 is 22.3. The summed E-state index contributed by atoms with van der Waals surface area (Å²) in [5, 5.41) is 2.37. The van der Waals surface area contributed by atoms with Gasteiger partial charge in [-0.05, 0) is 50.2 Å². The Kier molecular flexibility index (Phi) is 6.24. The molecule has 0 amide bonds. The first-order valence-electron chi connectivity index (χ1n) is 11.3. The minimum Gasteiger partial charge on any atom is -0.395 e. The SMILES string of the molecule is Cc1ccc2c(OC(=O)Oc3ccccc3)c3ccc(C)cc3c(OC(=O)Oc3ccccc3)c2c1. The van der Waals surface area contributed by atoms with E-state index in [0.29, 0.717) is 44.5 Å². The van der Waals surface area contributed by atoms with Crippen LogP contribution < -0.4 is 18.9 Å². The molecular formula is C30H22O6. The van der Waals surface area contributed by atoms with Crippen molar-refractivity contribution in [1.29, 1.82) is 0 Å². The minimum absolute atomic E-state index is 0.310. The number of ether oxygens (including phenoxy) is 4. The summed E-state index contributed by atoms with van der Waals surface area (Å²) in [6, 6.07) is 28.6. The van der Waals surface area contributed by atoms with Gasteiger partial charge in [0.05, 0.1) is 0 Å². The second kappa shape index (κ2) is 9.80. The molecule has 0 saturated carbocycles. The van der Waals surface area contributed by atoms with Crippen LogP contribution in [-0.2, 0) is 0 Å². The lowest BCUT2D eigenvalue weighted by molar-refractivity contribution is 0.151. The van der Waals surface area contributed by atoms with Gasteiger partial charge >= 0.3 is 12.3 Å². The number of rotatable bonds is 4. The molecule has 6 nitrogen and oxygen atoms in total. The van der Waals surface area contributed by atoms with Crippen molar-refractivity contribution in [2.45, 2.75) is 13.8 Å². The number of aryl methyl sites for hydroxylation is 2. The van der Waals surface area contributed by atoms with E-state index in [4.69, 9.17) is 18.9 Å². The van der Waals surface area contributed by atoms with E-state index < -0.39 is 12.3 Å². The zero-order valence-electron chi connectivity index (χ0n) is 19.7. The van der Waals surface area contributed by atoms with E-state index in [9.17, 15) is 9.59 Å². The summed E-state index contributed by atoms with van der Waals surface area (Å²) in [6.07, 6.45) is -1.74. The normalized spacial score (nSPS) is 10.7. The van der Waals surface area contributed by atoms with Crippen LogP contribution in [0.1, 0.15) is 11.1 Å². The Hall–Kier alpha value is -4.84. The number of benzene rings is 5. The predicted octanol–water partition coefficient (Wildman–Crippen LogP) is 7.77. The molecule has 5 aromatic rings. The molecule has 0 fully saturated rings. The topological polar surface area (TPSA) is 71.1 Å². The van der Waals surface area contributed by atoms with Crippen LogP contribution >= 0.6 is 0 Å². The van der Waals surface area contributed by atoms with Crippen molar-refractivity contribution in [1.82, 2.24) is 0 Å². The average Bonchev–Trinajstić information content (AvgIpc) is 2.87. The van der Waals surface area contributed by atoms with Crippen molar-refractivity contribution >= 4 is 33.9 Å². The van der Waals surface area contributed by atoms with Crippen molar-refractivity contribution in [3.8, 4) is 23.0 Å². The number of carbonyl (C=O) groups excluding carboxylic acids is 2. The zero-order chi connectivity index (χ0) is 25.1. The predicted molar refractivity (Wildman–Crippen MR) is 137 cm³/mol. The molecule has 0 N–H and O–H groups in total. The zero-order valence-corrected chi connectivity index (χ0v) is 19.7. The third kappa shape index (κ3) is 4.83. The van der Waals surface area contributed by atoms with Gasteiger partial charge in [-0.1, -0.05) is 71.8 Å². The van der Waals surface area contributed by atoms with Crippen LogP contribution in [0.15, 0.2) is 97.1 Å². The molecule has 0 saturated heterocycles. The molecule has 0 radical (unpaired) electrons. The number of hydrogen-bond acceptors (Lipinski definition) is 6. The molecule has 178 valence electrons. The summed E-state index contributed by atoms with van der Waals surface area (Å²) in [7, 11) is 0. The Bertz CT molecular complexity index is 1510. The van der Waals surface area contributed by atoms with Crippen molar-refractivity contribution in [3.05, 3.63) is 108 Å². The summed E-state index contributed by atoms with van der Waals surface area (Å²) in [5.41, 5.74) is 1.88. The van der Waals surface area contributed by atoms with Gasteiger partial charge in [0.1, 0.15) is 17.2 Å². The molecule has 36 heavy (non-hydrogen) atoms. The highest BCUT2D eigenvalue weighted by molar-refractivity contribution is 6.12. The smallest absolute Gasteiger partial charge is 0.395 e. The molecule has 0 bridgehead atoms. The molecule has 0 unspecified atom stereocenters. The largest absolute Gasteiger partial charge is 0.519 e. The van der Waals surface area contributed by atoms with Gasteiger partial charge in [0.25, 0.3) is 0 Å². The molecule has 5 rings (SSSR count). The van der Waals surface area contributed by atoms with Crippen molar-refractivity contribution < 1.29 is 28.5 Å². The Morgan fingerprint density at radius 2 is 0.861 bits per heavy atom. The van der Waals surface area contributed by atoms with Gasteiger partial charge in [-0.2, -0.15) is 0 Å². The first-order valence-corrected chi connectivity index (χ1v) is 11.3. The third-order valence-electron chi connectivity index (χ3n) is 5.59. The fraction of sp³-hybridized carbons (Fsp3) is 0.0667. The van der Waals surface area contributed by atoms with Crippen LogP contribution in [0.25, 0.3) is 21.5 Å².